The number of carbonyl (C=O) groups excluding carboxylic acids is 2. The molecule has 0 unspecified atom stereocenters. The van der Waals surface area contributed by atoms with Gasteiger partial charge in [0.2, 0.25) is 5.91 Å². The number of rotatable bonds is 4. The van der Waals surface area contributed by atoms with Gasteiger partial charge in [-0.15, -0.1) is 11.3 Å². The van der Waals surface area contributed by atoms with Gasteiger partial charge in [-0.25, -0.2) is 4.98 Å². The van der Waals surface area contributed by atoms with Gasteiger partial charge in [-0.3, -0.25) is 19.0 Å². The summed E-state index contributed by atoms with van der Waals surface area (Å²) in [4.78, 5) is 41.5. The second-order valence-corrected chi connectivity index (χ2v) is 7.09. The number of anilines is 1. The Hall–Kier alpha value is -3.00. The fourth-order valence-corrected chi connectivity index (χ4v) is 3.84. The molecule has 3 N–H and O–H groups in total. The van der Waals surface area contributed by atoms with E-state index < -0.39 is 5.91 Å². The molecule has 1 aromatic carbocycles. The summed E-state index contributed by atoms with van der Waals surface area (Å²) in [5.74, 6) is -0.919. The molecular weight excluding hydrogens is 352 g/mol. The van der Waals surface area contributed by atoms with Gasteiger partial charge in [0.05, 0.1) is 16.6 Å². The van der Waals surface area contributed by atoms with Crippen LogP contribution in [0.2, 0.25) is 0 Å². The number of hydrogen-bond donors (Lipinski definition) is 2. The summed E-state index contributed by atoms with van der Waals surface area (Å²) in [7, 11) is 0. The lowest BCUT2D eigenvalue weighted by molar-refractivity contribution is -0.116. The van der Waals surface area contributed by atoms with Crippen molar-refractivity contribution in [2.45, 2.75) is 27.3 Å². The van der Waals surface area contributed by atoms with Crippen molar-refractivity contribution >= 4 is 39.1 Å². The number of nitrogens with zero attached hydrogens (tertiary/aromatic N) is 2. The fourth-order valence-electron chi connectivity index (χ4n) is 2.85. The lowest BCUT2D eigenvalue weighted by atomic mass is 10.1. The summed E-state index contributed by atoms with van der Waals surface area (Å²) >= 11 is 1.08. The van der Waals surface area contributed by atoms with E-state index in [2.05, 4.69) is 10.3 Å². The maximum Gasteiger partial charge on any atom is 0.262 e. The fraction of sp³-hybridized carbons (Fsp3) is 0.222. The van der Waals surface area contributed by atoms with Gasteiger partial charge in [0.1, 0.15) is 11.4 Å². The van der Waals surface area contributed by atoms with Gasteiger partial charge in [0.15, 0.2) is 0 Å². The van der Waals surface area contributed by atoms with Gasteiger partial charge in [-0.05, 0) is 37.5 Å². The SMILES string of the molecule is Cc1cccc(C)c1NC(=O)Cn1cnc2sc(C(N)=O)c(C)c2c1=O. The Labute approximate surface area is 153 Å². The van der Waals surface area contributed by atoms with Gasteiger partial charge in [0.25, 0.3) is 11.5 Å². The van der Waals surface area contributed by atoms with Crippen LogP contribution in [0.1, 0.15) is 26.4 Å². The minimum atomic E-state index is -0.593. The minimum Gasteiger partial charge on any atom is -0.365 e. The zero-order valence-corrected chi connectivity index (χ0v) is 15.4. The van der Waals surface area contributed by atoms with Crippen LogP contribution in [0.4, 0.5) is 5.69 Å². The lowest BCUT2D eigenvalue weighted by Crippen LogP contribution is -2.28. The van der Waals surface area contributed by atoms with E-state index in [1.165, 1.54) is 10.9 Å². The van der Waals surface area contributed by atoms with Gasteiger partial charge in [-0.1, -0.05) is 18.2 Å². The number of fused-ring (bicyclic) bond motifs is 1. The summed E-state index contributed by atoms with van der Waals surface area (Å²) in [6.45, 7) is 5.30. The van der Waals surface area contributed by atoms with Crippen LogP contribution in [0.15, 0.2) is 29.3 Å². The van der Waals surface area contributed by atoms with Crippen LogP contribution in [-0.4, -0.2) is 21.4 Å². The molecule has 0 saturated carbocycles. The van der Waals surface area contributed by atoms with Gasteiger partial charge < -0.3 is 11.1 Å². The van der Waals surface area contributed by atoms with E-state index in [0.717, 1.165) is 28.2 Å². The van der Waals surface area contributed by atoms with Crippen LogP contribution in [0.25, 0.3) is 10.2 Å². The molecule has 2 amide bonds. The van der Waals surface area contributed by atoms with Crippen LogP contribution in [0, 0.1) is 20.8 Å². The first-order valence-electron chi connectivity index (χ1n) is 7.94. The van der Waals surface area contributed by atoms with Gasteiger partial charge in [-0.2, -0.15) is 0 Å². The highest BCUT2D eigenvalue weighted by molar-refractivity contribution is 7.20. The second kappa shape index (κ2) is 6.72. The molecule has 0 fully saturated rings. The molecule has 0 aliphatic heterocycles. The van der Waals surface area contributed by atoms with Crippen molar-refractivity contribution in [2.75, 3.05) is 5.32 Å². The molecule has 0 atom stereocenters. The Balaban J connectivity index is 1.93. The van der Waals surface area contributed by atoms with Crippen LogP contribution in [0.3, 0.4) is 0 Å². The van der Waals surface area contributed by atoms with E-state index in [1.807, 2.05) is 32.0 Å². The first-order valence-corrected chi connectivity index (χ1v) is 8.75. The maximum absolute atomic E-state index is 12.7. The van der Waals surface area contributed by atoms with Crippen LogP contribution in [-0.2, 0) is 11.3 Å². The molecule has 0 saturated heterocycles. The van der Waals surface area contributed by atoms with Crippen molar-refractivity contribution in [2.24, 2.45) is 5.73 Å². The molecule has 0 radical (unpaired) electrons. The number of nitrogens with two attached hydrogens (primary N) is 1. The second-order valence-electron chi connectivity index (χ2n) is 6.09. The third-order valence-corrected chi connectivity index (χ3v) is 5.41. The molecule has 0 spiro atoms. The average Bonchev–Trinajstić information content (AvgIpc) is 2.91. The Morgan fingerprint density at radius 1 is 1.23 bits per heavy atom. The minimum absolute atomic E-state index is 0.170. The number of hydrogen-bond acceptors (Lipinski definition) is 5. The Morgan fingerprint density at radius 2 is 1.88 bits per heavy atom. The van der Waals surface area contributed by atoms with Gasteiger partial charge in [0, 0.05) is 5.69 Å². The highest BCUT2D eigenvalue weighted by Crippen LogP contribution is 2.26. The number of carbonyl (C=O) groups is 2. The van der Waals surface area contributed by atoms with Crippen LogP contribution in [0.5, 0.6) is 0 Å². The summed E-state index contributed by atoms with van der Waals surface area (Å²) in [5, 5.41) is 3.17. The number of primary amides is 1. The molecule has 0 bridgehead atoms. The number of para-hydroxylation sites is 1. The molecule has 2 heterocycles. The molecule has 0 aliphatic carbocycles. The molecule has 26 heavy (non-hydrogen) atoms. The first-order chi connectivity index (χ1) is 12.3. The van der Waals surface area contributed by atoms with Crippen molar-refractivity contribution in [3.63, 3.8) is 0 Å². The number of aromatic nitrogens is 2. The van der Waals surface area contributed by atoms with Crippen molar-refractivity contribution < 1.29 is 9.59 Å². The number of amides is 2. The Kier molecular flexibility index (Phi) is 4.60. The number of nitrogens with one attached hydrogen (secondary N) is 1. The van der Waals surface area contributed by atoms with Crippen LogP contribution >= 0.6 is 11.3 Å². The molecule has 0 aliphatic rings. The van der Waals surface area contributed by atoms with E-state index in [4.69, 9.17) is 5.73 Å². The van der Waals surface area contributed by atoms with Gasteiger partial charge >= 0.3 is 0 Å². The predicted molar refractivity (Wildman–Crippen MR) is 102 cm³/mol. The van der Waals surface area contributed by atoms with E-state index in [0.29, 0.717) is 20.7 Å². The average molecular weight is 370 g/mol. The third kappa shape index (κ3) is 3.11. The maximum atomic E-state index is 12.7. The molecule has 134 valence electrons. The molecular formula is C18H18N4O3S. The number of benzene rings is 1. The van der Waals surface area contributed by atoms with Crippen molar-refractivity contribution in [1.82, 2.24) is 9.55 Å². The highest BCUT2D eigenvalue weighted by Gasteiger charge is 2.18. The first kappa shape index (κ1) is 17.8. The summed E-state index contributed by atoms with van der Waals surface area (Å²) < 4.78 is 1.23. The molecule has 2 aromatic heterocycles. The molecule has 3 aromatic rings. The van der Waals surface area contributed by atoms with E-state index in [1.54, 1.807) is 6.92 Å². The van der Waals surface area contributed by atoms with E-state index in [-0.39, 0.29) is 18.0 Å². The third-order valence-electron chi connectivity index (χ3n) is 4.20. The largest absolute Gasteiger partial charge is 0.365 e. The lowest BCUT2D eigenvalue weighted by Gasteiger charge is -2.12. The Morgan fingerprint density at radius 3 is 2.50 bits per heavy atom. The molecule has 7 nitrogen and oxygen atoms in total. The van der Waals surface area contributed by atoms with Crippen LogP contribution < -0.4 is 16.6 Å². The van der Waals surface area contributed by atoms with Crippen molar-refractivity contribution in [3.05, 3.63) is 56.4 Å². The quantitative estimate of drug-likeness (QED) is 0.733. The molecule has 8 heteroatoms. The summed E-state index contributed by atoms with van der Waals surface area (Å²) in [6.07, 6.45) is 1.32. The monoisotopic (exact) mass is 370 g/mol. The highest BCUT2D eigenvalue weighted by atomic mass is 32.1. The topological polar surface area (TPSA) is 107 Å². The zero-order chi connectivity index (χ0) is 19.0. The predicted octanol–water partition coefficient (Wildman–Crippen LogP) is 2.12. The van der Waals surface area contributed by atoms with Crippen molar-refractivity contribution in [1.29, 1.82) is 0 Å². The zero-order valence-electron chi connectivity index (χ0n) is 14.6. The molecule has 3 rings (SSSR count). The van der Waals surface area contributed by atoms with Crippen molar-refractivity contribution in [3.8, 4) is 0 Å². The summed E-state index contributed by atoms with van der Waals surface area (Å²) in [5.41, 5.74) is 8.09. The standard InChI is InChI=1S/C18H18N4O3S/c1-9-5-4-6-10(2)14(9)21-12(23)7-22-8-20-17-13(18(22)25)11(3)15(26-17)16(19)24/h4-6,8H,7H2,1-3H3,(H2,19,24)(H,21,23). The summed E-state index contributed by atoms with van der Waals surface area (Å²) in [6, 6.07) is 5.73. The van der Waals surface area contributed by atoms with E-state index in [9.17, 15) is 14.4 Å². The normalized spacial score (nSPS) is 10.9. The Bertz CT molecular complexity index is 1080. The van der Waals surface area contributed by atoms with E-state index >= 15 is 0 Å². The number of thiophene rings is 1. The smallest absolute Gasteiger partial charge is 0.262 e. The number of aryl methyl sites for hydroxylation is 3.